The minimum Gasteiger partial charge on any atom is -0.480 e. The fraction of sp³-hybridized carbons (Fsp3) is 0.553. The topological polar surface area (TPSA) is 92.7 Å². The van der Waals surface area contributed by atoms with Crippen LogP contribution in [0.15, 0.2) is 85.1 Å². The van der Waals surface area contributed by atoms with Gasteiger partial charge in [-0.25, -0.2) is 0 Å². The van der Waals surface area contributed by atoms with Crippen LogP contribution in [-0.4, -0.2) is 35.6 Å². The van der Waals surface area contributed by atoms with Crippen LogP contribution in [0.5, 0.6) is 0 Å². The van der Waals surface area contributed by atoms with Crippen molar-refractivity contribution in [1.29, 1.82) is 0 Å². The minimum absolute atomic E-state index is 0.0722. The van der Waals surface area contributed by atoms with E-state index < -0.39 is 5.97 Å². The molecular formula is C38H59NO5. The highest BCUT2D eigenvalue weighted by Crippen LogP contribution is 2.15. The Morgan fingerprint density at radius 1 is 0.614 bits per heavy atom. The molecule has 0 bridgehead atoms. The van der Waals surface area contributed by atoms with Gasteiger partial charge in [0.2, 0.25) is 5.91 Å². The smallest absolute Gasteiger partial charge is 0.322 e. The number of carboxylic acids is 1. The molecule has 0 heterocycles. The highest BCUT2D eigenvalue weighted by molar-refractivity contribution is 5.80. The first-order chi connectivity index (χ1) is 21.5. The molecule has 0 spiro atoms. The second-order valence-corrected chi connectivity index (χ2v) is 10.7. The number of hydrogen-bond donors (Lipinski definition) is 2. The van der Waals surface area contributed by atoms with Crippen molar-refractivity contribution in [2.24, 2.45) is 0 Å². The average Bonchev–Trinajstić information content (AvgIpc) is 3.00. The molecule has 0 aliphatic carbocycles. The molecule has 0 aliphatic rings. The van der Waals surface area contributed by atoms with Crippen molar-refractivity contribution in [1.82, 2.24) is 5.32 Å². The number of carboxylic acid groups (broad SMARTS) is 1. The Kier molecular flexibility index (Phi) is 30.0. The Morgan fingerprint density at radius 3 is 1.59 bits per heavy atom. The Hall–Kier alpha value is -3.41. The van der Waals surface area contributed by atoms with Gasteiger partial charge < -0.3 is 15.2 Å². The van der Waals surface area contributed by atoms with E-state index in [1.807, 2.05) is 0 Å². The highest BCUT2D eigenvalue weighted by Gasteiger charge is 2.13. The zero-order valence-electron chi connectivity index (χ0n) is 27.5. The van der Waals surface area contributed by atoms with Crippen molar-refractivity contribution in [3.05, 3.63) is 85.1 Å². The lowest BCUT2D eigenvalue weighted by Crippen LogP contribution is -2.28. The first-order valence-corrected chi connectivity index (χ1v) is 16.7. The maximum Gasteiger partial charge on any atom is 0.322 e. The molecule has 44 heavy (non-hydrogen) atoms. The van der Waals surface area contributed by atoms with E-state index >= 15 is 0 Å². The van der Waals surface area contributed by atoms with Crippen LogP contribution in [0.4, 0.5) is 0 Å². The summed E-state index contributed by atoms with van der Waals surface area (Å²) in [5.41, 5.74) is 0. The molecule has 0 rings (SSSR count). The summed E-state index contributed by atoms with van der Waals surface area (Å²) in [5, 5.41) is 11.0. The summed E-state index contributed by atoms with van der Waals surface area (Å²) < 4.78 is 5.70. The van der Waals surface area contributed by atoms with Crippen LogP contribution in [0.3, 0.4) is 0 Å². The number of ether oxygens (including phenoxy) is 1. The van der Waals surface area contributed by atoms with Gasteiger partial charge in [0.25, 0.3) is 0 Å². The summed E-state index contributed by atoms with van der Waals surface area (Å²) in [4.78, 5) is 34.3. The summed E-state index contributed by atoms with van der Waals surface area (Å²) in [7, 11) is 0. The van der Waals surface area contributed by atoms with E-state index in [4.69, 9.17) is 9.84 Å². The van der Waals surface area contributed by atoms with E-state index in [1.165, 1.54) is 0 Å². The normalized spacial score (nSPS) is 13.1. The summed E-state index contributed by atoms with van der Waals surface area (Å²) in [6.07, 6.45) is 44.9. The number of carbonyl (C=O) groups excluding carboxylic acids is 2. The van der Waals surface area contributed by atoms with Crippen LogP contribution in [-0.2, 0) is 19.1 Å². The van der Waals surface area contributed by atoms with Crippen molar-refractivity contribution < 1.29 is 24.2 Å². The van der Waals surface area contributed by atoms with Crippen molar-refractivity contribution in [3.63, 3.8) is 0 Å². The maximum atomic E-state index is 12.3. The summed E-state index contributed by atoms with van der Waals surface area (Å²) in [5.74, 6) is -1.42. The second kappa shape index (κ2) is 32.5. The summed E-state index contributed by atoms with van der Waals surface area (Å²) in [6.45, 7) is 3.89. The summed E-state index contributed by atoms with van der Waals surface area (Å²) >= 11 is 0. The van der Waals surface area contributed by atoms with Crippen molar-refractivity contribution in [2.75, 3.05) is 6.54 Å². The molecule has 6 nitrogen and oxygen atoms in total. The van der Waals surface area contributed by atoms with Gasteiger partial charge in [0.1, 0.15) is 12.6 Å². The van der Waals surface area contributed by atoms with E-state index in [0.717, 1.165) is 89.9 Å². The number of amides is 1. The number of esters is 1. The first kappa shape index (κ1) is 40.6. The molecule has 0 saturated heterocycles. The van der Waals surface area contributed by atoms with Crippen LogP contribution in [0.25, 0.3) is 0 Å². The average molecular weight is 610 g/mol. The van der Waals surface area contributed by atoms with Gasteiger partial charge in [-0.2, -0.15) is 0 Å². The highest BCUT2D eigenvalue weighted by atomic mass is 16.5. The van der Waals surface area contributed by atoms with Crippen molar-refractivity contribution in [2.45, 2.75) is 129 Å². The third-order valence-corrected chi connectivity index (χ3v) is 6.56. The van der Waals surface area contributed by atoms with Gasteiger partial charge in [-0.05, 0) is 83.5 Å². The quantitative estimate of drug-likeness (QED) is 0.0523. The van der Waals surface area contributed by atoms with Crippen LogP contribution in [0, 0.1) is 0 Å². The molecule has 2 N–H and O–H groups in total. The van der Waals surface area contributed by atoms with Gasteiger partial charge in [-0.15, -0.1) is 0 Å². The maximum absolute atomic E-state index is 12.3. The second-order valence-electron chi connectivity index (χ2n) is 10.7. The van der Waals surface area contributed by atoms with Crippen LogP contribution in [0.1, 0.15) is 123 Å². The fourth-order valence-corrected chi connectivity index (χ4v) is 4.20. The predicted molar refractivity (Wildman–Crippen MR) is 184 cm³/mol. The van der Waals surface area contributed by atoms with E-state index in [9.17, 15) is 14.4 Å². The lowest BCUT2D eigenvalue weighted by Gasteiger charge is -2.17. The number of rotatable bonds is 28. The Balaban J connectivity index is 3.83. The molecule has 1 unspecified atom stereocenters. The number of nitrogens with one attached hydrogen (secondary N) is 1. The van der Waals surface area contributed by atoms with Crippen LogP contribution >= 0.6 is 0 Å². The zero-order valence-corrected chi connectivity index (χ0v) is 27.5. The fourth-order valence-electron chi connectivity index (χ4n) is 4.20. The largest absolute Gasteiger partial charge is 0.480 e. The molecule has 246 valence electrons. The van der Waals surface area contributed by atoms with Crippen LogP contribution in [0.2, 0.25) is 0 Å². The SMILES string of the molecule is CC/C=C\C/C=C\C/C=C\C/C=C\C/C=C\C/C=C\C/C=C\CCCC(=O)OC(CCC)CCCCCC(=O)NCC(=O)O. The third-order valence-electron chi connectivity index (χ3n) is 6.56. The molecule has 0 aromatic heterocycles. The van der Waals surface area contributed by atoms with E-state index in [2.05, 4.69) is 104 Å². The molecule has 0 fully saturated rings. The molecule has 0 aliphatic heterocycles. The van der Waals surface area contributed by atoms with E-state index in [0.29, 0.717) is 19.3 Å². The van der Waals surface area contributed by atoms with Gasteiger partial charge in [-0.1, -0.05) is 112 Å². The lowest BCUT2D eigenvalue weighted by molar-refractivity contribution is -0.150. The monoisotopic (exact) mass is 609 g/mol. The molecule has 0 aromatic rings. The van der Waals surface area contributed by atoms with Gasteiger partial charge in [0, 0.05) is 12.8 Å². The minimum atomic E-state index is -1.04. The Bertz CT molecular complexity index is 939. The van der Waals surface area contributed by atoms with Crippen LogP contribution < -0.4 is 5.32 Å². The Labute approximate surface area is 267 Å². The van der Waals surface area contributed by atoms with Gasteiger partial charge >= 0.3 is 11.9 Å². The number of aliphatic carboxylic acids is 1. The number of allylic oxidation sites excluding steroid dienone is 14. The molecule has 0 aromatic carbocycles. The van der Waals surface area contributed by atoms with Crippen molar-refractivity contribution >= 4 is 17.8 Å². The molecule has 1 atom stereocenters. The molecule has 6 heteroatoms. The van der Waals surface area contributed by atoms with Gasteiger partial charge in [-0.3, -0.25) is 14.4 Å². The number of unbranched alkanes of at least 4 members (excludes halogenated alkanes) is 3. The lowest BCUT2D eigenvalue weighted by atomic mass is 10.1. The predicted octanol–water partition coefficient (Wildman–Crippen LogP) is 9.66. The number of hydrogen-bond acceptors (Lipinski definition) is 4. The number of carbonyl (C=O) groups is 3. The molecular weight excluding hydrogens is 550 g/mol. The van der Waals surface area contributed by atoms with Crippen molar-refractivity contribution in [3.8, 4) is 0 Å². The van der Waals surface area contributed by atoms with Gasteiger partial charge in [0.15, 0.2) is 0 Å². The standard InChI is InChI=1S/C38H59NO5/c1-3-5-6-7-8-9-10-11-12-13-14-15-16-17-18-19-20-21-22-23-24-25-29-33-38(43)44-35(30-4-2)31-27-26-28-32-36(40)39-34-37(41)42/h5-6,8-9,11-12,14-15,17-18,20-21,23-24,35H,3-4,7,10,13,16,19,22,25-34H2,1-2H3,(H,39,40)(H,41,42)/b6-5-,9-8-,12-11-,15-14-,18-17-,21-20-,24-23-. The molecule has 0 radical (unpaired) electrons. The van der Waals surface area contributed by atoms with E-state index in [1.54, 1.807) is 0 Å². The third kappa shape index (κ3) is 31.5. The van der Waals surface area contributed by atoms with Gasteiger partial charge in [0.05, 0.1) is 0 Å². The first-order valence-electron chi connectivity index (χ1n) is 16.7. The molecule has 0 saturated carbocycles. The zero-order chi connectivity index (χ0) is 32.4. The summed E-state index contributed by atoms with van der Waals surface area (Å²) in [6, 6.07) is 0. The van der Waals surface area contributed by atoms with E-state index in [-0.39, 0.29) is 24.5 Å². The molecule has 1 amide bonds. The Morgan fingerprint density at radius 2 is 1.11 bits per heavy atom.